The van der Waals surface area contributed by atoms with Gasteiger partial charge < -0.3 is 19.1 Å². The van der Waals surface area contributed by atoms with Crippen LogP contribution in [0.2, 0.25) is 0 Å². The van der Waals surface area contributed by atoms with Gasteiger partial charge in [-0.3, -0.25) is 9.78 Å². The number of nitrogens with zero attached hydrogens (tertiary/aromatic N) is 4. The Morgan fingerprint density at radius 1 is 1.20 bits per heavy atom. The number of fused-ring (bicyclic) bond motifs is 1. The summed E-state index contributed by atoms with van der Waals surface area (Å²) in [5, 5.41) is 10.5. The molecule has 5 rings (SSSR count). The van der Waals surface area contributed by atoms with Crippen molar-refractivity contribution in [1.29, 1.82) is 5.26 Å². The topological polar surface area (TPSA) is 97.6 Å². The van der Waals surface area contributed by atoms with Crippen LogP contribution in [0, 0.1) is 24.2 Å². The average Bonchev–Trinajstić information content (AvgIpc) is 3.38. The van der Waals surface area contributed by atoms with Crippen LogP contribution < -0.4 is 9.47 Å². The molecule has 2 aliphatic rings. The first-order valence-corrected chi connectivity index (χ1v) is 11.9. The van der Waals surface area contributed by atoms with Crippen molar-refractivity contribution in [2.75, 3.05) is 33.4 Å². The van der Waals surface area contributed by atoms with Gasteiger partial charge in [0.2, 0.25) is 11.8 Å². The molecule has 2 saturated heterocycles. The average molecular weight is 473 g/mol. The maximum absolute atomic E-state index is 12.9. The van der Waals surface area contributed by atoms with Crippen LogP contribution in [0.1, 0.15) is 30.4 Å². The van der Waals surface area contributed by atoms with Crippen molar-refractivity contribution in [1.82, 2.24) is 14.9 Å². The van der Waals surface area contributed by atoms with Crippen LogP contribution in [0.25, 0.3) is 22.0 Å². The van der Waals surface area contributed by atoms with Gasteiger partial charge in [-0.05, 0) is 49.6 Å². The van der Waals surface area contributed by atoms with Gasteiger partial charge in [0.1, 0.15) is 23.5 Å². The highest BCUT2D eigenvalue weighted by molar-refractivity contribution is 5.98. The molecule has 2 fully saturated rings. The molecule has 0 bridgehead atoms. The van der Waals surface area contributed by atoms with Crippen molar-refractivity contribution >= 4 is 16.8 Å². The number of ether oxygens (including phenoxy) is 3. The van der Waals surface area contributed by atoms with E-state index < -0.39 is 0 Å². The molecule has 0 unspecified atom stereocenters. The lowest BCUT2D eigenvalue weighted by Crippen LogP contribution is -2.38. The number of amides is 1. The molecule has 1 aromatic carbocycles. The Kier molecular flexibility index (Phi) is 6.51. The number of carbonyl (C=O) groups is 1. The summed E-state index contributed by atoms with van der Waals surface area (Å²) in [6.45, 7) is 4.66. The SMILES string of the molecule is COc1ncc(-c2ccnc3ccc(O[C@H]4CCN(C(=O)C5CCOCC5)C4)c(C)c23)cc1C#N. The summed E-state index contributed by atoms with van der Waals surface area (Å²) in [7, 11) is 1.50. The number of benzene rings is 1. The molecule has 8 heteroatoms. The van der Waals surface area contributed by atoms with E-state index in [1.54, 1.807) is 18.5 Å². The standard InChI is InChI=1S/C27H28N4O4/c1-17-24(35-21-6-10-31(16-21)27(32)18-7-11-34-12-8-18)4-3-23-25(17)22(5-9-29-23)20-13-19(14-28)26(33-2)30-15-20/h3-5,9,13,15,18,21H,6-8,10-12,16H2,1-2H3/t21-/m0/s1. The highest BCUT2D eigenvalue weighted by Gasteiger charge is 2.33. The lowest BCUT2D eigenvalue weighted by molar-refractivity contribution is -0.137. The van der Waals surface area contributed by atoms with E-state index >= 15 is 0 Å². The number of pyridine rings is 2. The van der Waals surface area contributed by atoms with E-state index in [0.29, 0.717) is 31.2 Å². The molecule has 0 N–H and O–H groups in total. The fraction of sp³-hybridized carbons (Fsp3) is 0.407. The maximum Gasteiger partial charge on any atom is 0.231 e. The fourth-order valence-corrected chi connectivity index (χ4v) is 5.02. The molecule has 4 heterocycles. The number of aromatic nitrogens is 2. The third kappa shape index (κ3) is 4.52. The van der Waals surface area contributed by atoms with Crippen LogP contribution in [0.4, 0.5) is 0 Å². The van der Waals surface area contributed by atoms with E-state index in [0.717, 1.165) is 59.2 Å². The predicted octanol–water partition coefficient (Wildman–Crippen LogP) is 3.89. The Labute approximate surface area is 204 Å². The molecule has 2 aliphatic heterocycles. The number of carbonyl (C=O) groups excluding carboxylic acids is 1. The van der Waals surface area contributed by atoms with Gasteiger partial charge >= 0.3 is 0 Å². The predicted molar refractivity (Wildman–Crippen MR) is 130 cm³/mol. The summed E-state index contributed by atoms with van der Waals surface area (Å²) >= 11 is 0. The van der Waals surface area contributed by atoms with Crippen LogP contribution in [0.5, 0.6) is 11.6 Å². The minimum absolute atomic E-state index is 0.0529. The number of methoxy groups -OCH3 is 1. The fourth-order valence-electron chi connectivity index (χ4n) is 5.02. The van der Waals surface area contributed by atoms with E-state index in [1.165, 1.54) is 7.11 Å². The van der Waals surface area contributed by atoms with Gasteiger partial charge in [0.15, 0.2) is 0 Å². The van der Waals surface area contributed by atoms with Gasteiger partial charge in [-0.2, -0.15) is 5.26 Å². The minimum atomic E-state index is -0.0529. The Morgan fingerprint density at radius 2 is 2.03 bits per heavy atom. The Hall–Kier alpha value is -3.70. The normalized spacial score (nSPS) is 18.4. The van der Waals surface area contributed by atoms with E-state index in [9.17, 15) is 10.1 Å². The first-order valence-electron chi connectivity index (χ1n) is 11.9. The van der Waals surface area contributed by atoms with Crippen LogP contribution in [0.3, 0.4) is 0 Å². The lowest BCUT2D eigenvalue weighted by Gasteiger charge is -2.26. The minimum Gasteiger partial charge on any atom is -0.488 e. The molecule has 0 radical (unpaired) electrons. The molecule has 0 saturated carbocycles. The quantitative estimate of drug-likeness (QED) is 0.556. The molecule has 0 spiro atoms. The number of likely N-dealkylation sites (tertiary alicyclic amines) is 1. The molecule has 35 heavy (non-hydrogen) atoms. The van der Waals surface area contributed by atoms with Gasteiger partial charge in [-0.1, -0.05) is 0 Å². The van der Waals surface area contributed by atoms with Gasteiger partial charge in [0, 0.05) is 61.0 Å². The van der Waals surface area contributed by atoms with Crippen LogP contribution >= 0.6 is 0 Å². The second-order valence-corrected chi connectivity index (χ2v) is 9.03. The van der Waals surface area contributed by atoms with Gasteiger partial charge in [0.05, 0.1) is 19.2 Å². The highest BCUT2D eigenvalue weighted by Crippen LogP contribution is 2.36. The largest absolute Gasteiger partial charge is 0.488 e. The monoisotopic (exact) mass is 472 g/mol. The van der Waals surface area contributed by atoms with E-state index in [-0.39, 0.29) is 17.9 Å². The summed E-state index contributed by atoms with van der Waals surface area (Å²) < 4.78 is 17.0. The molecule has 0 aliphatic carbocycles. The summed E-state index contributed by atoms with van der Waals surface area (Å²) in [6.07, 6.45) is 5.81. The van der Waals surface area contributed by atoms with Gasteiger partial charge in [-0.15, -0.1) is 0 Å². The second-order valence-electron chi connectivity index (χ2n) is 9.03. The van der Waals surface area contributed by atoms with Crippen molar-refractivity contribution in [3.05, 3.63) is 47.8 Å². The molecule has 1 atom stereocenters. The zero-order chi connectivity index (χ0) is 24.4. The zero-order valence-electron chi connectivity index (χ0n) is 20.0. The van der Waals surface area contributed by atoms with E-state index in [4.69, 9.17) is 14.2 Å². The molecule has 180 valence electrons. The number of aryl methyl sites for hydroxylation is 1. The molecular formula is C27H28N4O4. The van der Waals surface area contributed by atoms with Crippen LogP contribution in [0.15, 0.2) is 36.7 Å². The van der Waals surface area contributed by atoms with Crippen molar-refractivity contribution in [2.24, 2.45) is 5.92 Å². The Bertz CT molecular complexity index is 1300. The lowest BCUT2D eigenvalue weighted by atomic mass is 9.98. The summed E-state index contributed by atoms with van der Waals surface area (Å²) in [4.78, 5) is 23.7. The third-order valence-corrected chi connectivity index (χ3v) is 6.91. The van der Waals surface area contributed by atoms with Gasteiger partial charge in [0.25, 0.3) is 0 Å². The van der Waals surface area contributed by atoms with Crippen molar-refractivity contribution in [3.63, 3.8) is 0 Å². The van der Waals surface area contributed by atoms with Crippen LogP contribution in [-0.4, -0.2) is 60.3 Å². The first-order chi connectivity index (χ1) is 17.1. The van der Waals surface area contributed by atoms with Crippen LogP contribution in [-0.2, 0) is 9.53 Å². The number of hydrogen-bond acceptors (Lipinski definition) is 7. The third-order valence-electron chi connectivity index (χ3n) is 6.91. The van der Waals surface area contributed by atoms with E-state index in [1.807, 2.05) is 30.0 Å². The van der Waals surface area contributed by atoms with Crippen molar-refractivity contribution in [2.45, 2.75) is 32.3 Å². The first kappa shape index (κ1) is 23.1. The van der Waals surface area contributed by atoms with E-state index in [2.05, 4.69) is 16.0 Å². The summed E-state index contributed by atoms with van der Waals surface area (Å²) in [5.41, 5.74) is 3.91. The summed E-state index contributed by atoms with van der Waals surface area (Å²) in [6, 6.07) is 9.75. The molecule has 3 aromatic rings. The molecule has 1 amide bonds. The van der Waals surface area contributed by atoms with Crippen molar-refractivity contribution < 1.29 is 19.0 Å². The Morgan fingerprint density at radius 3 is 2.80 bits per heavy atom. The number of hydrogen-bond donors (Lipinski definition) is 0. The number of nitriles is 1. The smallest absolute Gasteiger partial charge is 0.231 e. The highest BCUT2D eigenvalue weighted by atomic mass is 16.5. The number of rotatable bonds is 5. The molecule has 8 nitrogen and oxygen atoms in total. The second kappa shape index (κ2) is 9.88. The maximum atomic E-state index is 12.9. The Balaban J connectivity index is 1.40. The van der Waals surface area contributed by atoms with Gasteiger partial charge in [-0.25, -0.2) is 4.98 Å². The summed E-state index contributed by atoms with van der Waals surface area (Å²) in [5.74, 6) is 1.37. The molecular weight excluding hydrogens is 444 g/mol. The van der Waals surface area contributed by atoms with Crippen molar-refractivity contribution in [3.8, 4) is 28.8 Å². The zero-order valence-corrected chi connectivity index (χ0v) is 20.0. The molecule has 2 aromatic heterocycles.